The number of likely N-dealkylation sites (tertiary alicyclic amines) is 1. The van der Waals surface area contributed by atoms with Gasteiger partial charge < -0.3 is 29.5 Å². The number of aliphatic hydroxyl groups is 1. The Morgan fingerprint density at radius 2 is 1.85 bits per heavy atom. The Morgan fingerprint density at radius 3 is 2.55 bits per heavy atom. The number of halogens is 1. The standard InChI is InChI=1S/C25H27ClN2O5/c1-27-9-6-16(18(27)13-29)23-19(30)11-20(31)24-21(32)12-22(33-25(23)24)15-5-4-14(10-17(15)26)28-7-2-3-8-28/h4-5,10-12,16,18,29-31H,2-3,6-9,13H2,1H3/t16-,18+/m0/s1. The minimum atomic E-state index is -0.420. The van der Waals surface area contributed by atoms with Gasteiger partial charge in [-0.2, -0.15) is 0 Å². The van der Waals surface area contributed by atoms with Crippen molar-refractivity contribution >= 4 is 28.3 Å². The van der Waals surface area contributed by atoms with Crippen LogP contribution in [0.1, 0.15) is 30.7 Å². The molecule has 0 aliphatic carbocycles. The lowest BCUT2D eigenvalue weighted by Gasteiger charge is -2.24. The number of benzene rings is 2. The lowest BCUT2D eigenvalue weighted by Crippen LogP contribution is -2.32. The smallest absolute Gasteiger partial charge is 0.197 e. The molecule has 33 heavy (non-hydrogen) atoms. The van der Waals surface area contributed by atoms with Crippen LogP contribution in [0.5, 0.6) is 11.5 Å². The maximum absolute atomic E-state index is 13.1. The zero-order chi connectivity index (χ0) is 23.3. The summed E-state index contributed by atoms with van der Waals surface area (Å²) < 4.78 is 6.19. The zero-order valence-electron chi connectivity index (χ0n) is 18.4. The summed E-state index contributed by atoms with van der Waals surface area (Å²) in [6.45, 7) is 2.61. The Bertz CT molecular complexity index is 1270. The van der Waals surface area contributed by atoms with E-state index in [0.29, 0.717) is 22.6 Å². The fourth-order valence-corrected chi connectivity index (χ4v) is 5.57. The molecule has 3 heterocycles. The third-order valence-electron chi connectivity index (χ3n) is 7.07. The topological polar surface area (TPSA) is 97.4 Å². The van der Waals surface area contributed by atoms with E-state index in [1.807, 2.05) is 30.1 Å². The van der Waals surface area contributed by atoms with Crippen molar-refractivity contribution in [2.45, 2.75) is 31.2 Å². The Labute approximate surface area is 196 Å². The van der Waals surface area contributed by atoms with E-state index in [-0.39, 0.29) is 46.8 Å². The normalized spacial score (nSPS) is 21.4. The SMILES string of the molecule is CN1CC[C@H](c2c(O)cc(O)c3c(=O)cc(-c4ccc(N5CCCC5)cc4Cl)oc23)[C@H]1CO. The number of aromatic hydroxyl groups is 2. The van der Waals surface area contributed by atoms with Crippen LogP contribution in [0.3, 0.4) is 0 Å². The molecule has 174 valence electrons. The minimum Gasteiger partial charge on any atom is -0.507 e. The number of hydrogen-bond acceptors (Lipinski definition) is 7. The lowest BCUT2D eigenvalue weighted by atomic mass is 9.89. The first-order valence-corrected chi connectivity index (χ1v) is 11.7. The predicted molar refractivity (Wildman–Crippen MR) is 129 cm³/mol. The number of likely N-dealkylation sites (N-methyl/N-ethyl adjacent to an activating group) is 1. The number of aliphatic hydroxyl groups excluding tert-OH is 1. The molecular weight excluding hydrogens is 444 g/mol. The van der Waals surface area contributed by atoms with Gasteiger partial charge in [-0.05, 0) is 51.1 Å². The van der Waals surface area contributed by atoms with Crippen molar-refractivity contribution < 1.29 is 19.7 Å². The number of phenols is 2. The first-order valence-electron chi connectivity index (χ1n) is 11.3. The van der Waals surface area contributed by atoms with Crippen LogP contribution in [0.15, 0.2) is 39.5 Å². The molecule has 0 spiro atoms. The molecule has 0 saturated carbocycles. The van der Waals surface area contributed by atoms with E-state index in [1.165, 1.54) is 12.1 Å². The Morgan fingerprint density at radius 1 is 1.09 bits per heavy atom. The number of fused-ring (bicyclic) bond motifs is 1. The van der Waals surface area contributed by atoms with Crippen LogP contribution in [0, 0.1) is 0 Å². The second-order valence-corrected chi connectivity index (χ2v) is 9.40. The molecule has 7 nitrogen and oxygen atoms in total. The van der Waals surface area contributed by atoms with Gasteiger partial charge in [0.1, 0.15) is 28.2 Å². The predicted octanol–water partition coefficient (Wildman–Crippen LogP) is 3.90. The highest BCUT2D eigenvalue weighted by atomic mass is 35.5. The summed E-state index contributed by atoms with van der Waals surface area (Å²) in [5, 5.41) is 31.6. The molecule has 2 aromatic carbocycles. The van der Waals surface area contributed by atoms with Crippen LogP contribution in [0.25, 0.3) is 22.3 Å². The minimum absolute atomic E-state index is 0.0163. The van der Waals surface area contributed by atoms with Crippen molar-refractivity contribution in [2.75, 3.05) is 38.2 Å². The van der Waals surface area contributed by atoms with Gasteiger partial charge >= 0.3 is 0 Å². The van der Waals surface area contributed by atoms with E-state index in [0.717, 1.165) is 38.2 Å². The number of nitrogens with zero attached hydrogens (tertiary/aromatic N) is 2. The molecule has 2 atom stereocenters. The van der Waals surface area contributed by atoms with Crippen molar-refractivity contribution in [3.8, 4) is 22.8 Å². The average Bonchev–Trinajstić information content (AvgIpc) is 3.43. The van der Waals surface area contributed by atoms with Gasteiger partial charge in [-0.15, -0.1) is 0 Å². The second kappa shape index (κ2) is 8.56. The van der Waals surface area contributed by atoms with Crippen molar-refractivity contribution in [2.24, 2.45) is 0 Å². The van der Waals surface area contributed by atoms with Crippen molar-refractivity contribution in [3.63, 3.8) is 0 Å². The van der Waals surface area contributed by atoms with Crippen LogP contribution >= 0.6 is 11.6 Å². The molecule has 0 bridgehead atoms. The van der Waals surface area contributed by atoms with Gasteiger partial charge in [-0.1, -0.05) is 11.6 Å². The van der Waals surface area contributed by atoms with Crippen molar-refractivity contribution in [3.05, 3.63) is 51.1 Å². The molecule has 2 saturated heterocycles. The average molecular weight is 471 g/mol. The highest BCUT2D eigenvalue weighted by Crippen LogP contribution is 2.44. The van der Waals surface area contributed by atoms with Gasteiger partial charge in [0.2, 0.25) is 0 Å². The van der Waals surface area contributed by atoms with Crippen LogP contribution in [-0.2, 0) is 0 Å². The molecule has 1 aromatic heterocycles. The van der Waals surface area contributed by atoms with E-state index in [2.05, 4.69) is 4.90 Å². The number of phenolic OH excluding ortho intramolecular Hbond substituents is 2. The van der Waals surface area contributed by atoms with E-state index in [9.17, 15) is 20.1 Å². The highest BCUT2D eigenvalue weighted by molar-refractivity contribution is 6.33. The molecule has 0 amide bonds. The zero-order valence-corrected chi connectivity index (χ0v) is 19.2. The second-order valence-electron chi connectivity index (χ2n) is 8.99. The first kappa shape index (κ1) is 22.1. The van der Waals surface area contributed by atoms with E-state index in [4.69, 9.17) is 16.0 Å². The molecule has 3 N–H and O–H groups in total. The monoisotopic (exact) mass is 470 g/mol. The largest absolute Gasteiger partial charge is 0.507 e. The van der Waals surface area contributed by atoms with Crippen LogP contribution < -0.4 is 10.3 Å². The van der Waals surface area contributed by atoms with Gasteiger partial charge in [0, 0.05) is 54.0 Å². The number of hydrogen-bond donors (Lipinski definition) is 3. The van der Waals surface area contributed by atoms with Gasteiger partial charge in [-0.25, -0.2) is 0 Å². The molecule has 8 heteroatoms. The van der Waals surface area contributed by atoms with E-state index >= 15 is 0 Å². The molecule has 3 aromatic rings. The fourth-order valence-electron chi connectivity index (χ4n) is 5.30. The summed E-state index contributed by atoms with van der Waals surface area (Å²) in [6, 6.07) is 7.94. The molecule has 2 fully saturated rings. The van der Waals surface area contributed by atoms with Gasteiger partial charge in [-0.3, -0.25) is 4.79 Å². The molecule has 2 aliphatic heterocycles. The first-order chi connectivity index (χ1) is 15.9. The molecular formula is C25H27ClN2O5. The van der Waals surface area contributed by atoms with Crippen LogP contribution in [-0.4, -0.2) is 59.6 Å². The Kier molecular flexibility index (Phi) is 5.72. The highest BCUT2D eigenvalue weighted by Gasteiger charge is 2.36. The third kappa shape index (κ3) is 3.74. The van der Waals surface area contributed by atoms with E-state index in [1.54, 1.807) is 0 Å². The Hall–Kier alpha value is -2.74. The lowest BCUT2D eigenvalue weighted by molar-refractivity contribution is 0.172. The third-order valence-corrected chi connectivity index (χ3v) is 7.38. The molecule has 5 rings (SSSR count). The summed E-state index contributed by atoms with van der Waals surface area (Å²) in [6.07, 6.45) is 2.98. The molecule has 0 radical (unpaired) electrons. The summed E-state index contributed by atoms with van der Waals surface area (Å²) in [7, 11) is 1.91. The maximum atomic E-state index is 13.1. The molecule has 0 unspecified atom stereocenters. The fraction of sp³-hybridized carbons (Fsp3) is 0.400. The van der Waals surface area contributed by atoms with Gasteiger partial charge in [0.05, 0.1) is 11.6 Å². The quantitative estimate of drug-likeness (QED) is 0.532. The van der Waals surface area contributed by atoms with Crippen LogP contribution in [0.2, 0.25) is 5.02 Å². The van der Waals surface area contributed by atoms with E-state index < -0.39 is 5.43 Å². The Balaban J connectivity index is 1.67. The van der Waals surface area contributed by atoms with Crippen molar-refractivity contribution in [1.82, 2.24) is 4.90 Å². The summed E-state index contributed by atoms with van der Waals surface area (Å²) in [5.41, 5.74) is 1.73. The van der Waals surface area contributed by atoms with Gasteiger partial charge in [0.25, 0.3) is 0 Å². The number of anilines is 1. The summed E-state index contributed by atoms with van der Waals surface area (Å²) >= 11 is 6.61. The summed E-state index contributed by atoms with van der Waals surface area (Å²) in [5.74, 6) is -0.485. The number of rotatable bonds is 4. The van der Waals surface area contributed by atoms with Gasteiger partial charge in [0.15, 0.2) is 5.43 Å². The van der Waals surface area contributed by atoms with Crippen molar-refractivity contribution in [1.29, 1.82) is 0 Å². The van der Waals surface area contributed by atoms with Crippen LogP contribution in [0.4, 0.5) is 5.69 Å². The summed E-state index contributed by atoms with van der Waals surface area (Å²) in [4.78, 5) is 17.3. The maximum Gasteiger partial charge on any atom is 0.197 e. The molecule has 2 aliphatic rings.